The first-order valence-corrected chi connectivity index (χ1v) is 7.06. The number of amides is 1. The van der Waals surface area contributed by atoms with Crippen molar-refractivity contribution in [1.29, 1.82) is 0 Å². The van der Waals surface area contributed by atoms with Gasteiger partial charge in [0.05, 0.1) is 11.0 Å². The van der Waals surface area contributed by atoms with E-state index in [4.69, 9.17) is 5.11 Å². The summed E-state index contributed by atoms with van der Waals surface area (Å²) in [6, 6.07) is 14.8. The van der Waals surface area contributed by atoms with Crippen molar-refractivity contribution < 1.29 is 14.7 Å². The molecule has 0 fully saturated rings. The highest BCUT2D eigenvalue weighted by Crippen LogP contribution is 2.18. The van der Waals surface area contributed by atoms with E-state index >= 15 is 0 Å². The maximum Gasteiger partial charge on any atom is 0.323 e. The van der Waals surface area contributed by atoms with Gasteiger partial charge in [0.15, 0.2) is 0 Å². The zero-order valence-corrected chi connectivity index (χ0v) is 12.5. The molecule has 2 aromatic carbocycles. The number of para-hydroxylation sites is 2. The molecule has 0 aliphatic heterocycles. The van der Waals surface area contributed by atoms with E-state index in [2.05, 4.69) is 4.98 Å². The van der Waals surface area contributed by atoms with E-state index in [1.54, 1.807) is 18.5 Å². The number of likely N-dealkylation sites (N-methyl/N-ethyl adjacent to an activating group) is 1. The molecule has 23 heavy (non-hydrogen) atoms. The van der Waals surface area contributed by atoms with Crippen molar-refractivity contribution in [2.24, 2.45) is 0 Å². The molecule has 0 radical (unpaired) electrons. The third kappa shape index (κ3) is 2.91. The Morgan fingerprint density at radius 1 is 1.13 bits per heavy atom. The smallest absolute Gasteiger partial charge is 0.323 e. The number of imidazole rings is 1. The van der Waals surface area contributed by atoms with Crippen molar-refractivity contribution in [2.75, 3.05) is 13.6 Å². The Labute approximate surface area is 132 Å². The lowest BCUT2D eigenvalue weighted by Gasteiger charge is -2.14. The SMILES string of the molecule is CN(CC(=O)O)C(=O)c1ccc(-n2cnc3ccccc32)cc1. The van der Waals surface area contributed by atoms with Crippen LogP contribution in [0.2, 0.25) is 0 Å². The quantitative estimate of drug-likeness (QED) is 0.801. The van der Waals surface area contributed by atoms with Gasteiger partial charge >= 0.3 is 5.97 Å². The number of fused-ring (bicyclic) bond motifs is 1. The molecule has 0 saturated carbocycles. The Bertz CT molecular complexity index is 868. The molecular weight excluding hydrogens is 294 g/mol. The summed E-state index contributed by atoms with van der Waals surface area (Å²) in [6.45, 7) is -0.327. The van der Waals surface area contributed by atoms with Gasteiger partial charge < -0.3 is 10.0 Å². The number of hydrogen-bond donors (Lipinski definition) is 1. The molecule has 1 heterocycles. The number of hydrogen-bond acceptors (Lipinski definition) is 3. The lowest BCUT2D eigenvalue weighted by molar-refractivity contribution is -0.137. The summed E-state index contributed by atoms with van der Waals surface area (Å²) in [5.41, 5.74) is 3.21. The van der Waals surface area contributed by atoms with Crippen LogP contribution in [0.5, 0.6) is 0 Å². The largest absolute Gasteiger partial charge is 0.480 e. The fourth-order valence-electron chi connectivity index (χ4n) is 2.42. The van der Waals surface area contributed by atoms with Crippen LogP contribution < -0.4 is 0 Å². The Morgan fingerprint density at radius 3 is 2.52 bits per heavy atom. The van der Waals surface area contributed by atoms with Crippen LogP contribution in [0, 0.1) is 0 Å². The van der Waals surface area contributed by atoms with Gasteiger partial charge in [-0.15, -0.1) is 0 Å². The van der Waals surface area contributed by atoms with E-state index in [0.717, 1.165) is 16.7 Å². The second kappa shape index (κ2) is 5.92. The van der Waals surface area contributed by atoms with Crippen LogP contribution >= 0.6 is 0 Å². The van der Waals surface area contributed by atoms with Crippen LogP contribution in [0.15, 0.2) is 54.9 Å². The van der Waals surface area contributed by atoms with Gasteiger partial charge in [-0.3, -0.25) is 14.2 Å². The predicted molar refractivity (Wildman–Crippen MR) is 85.7 cm³/mol. The summed E-state index contributed by atoms with van der Waals surface area (Å²) in [5, 5.41) is 8.75. The maximum absolute atomic E-state index is 12.1. The van der Waals surface area contributed by atoms with E-state index in [1.165, 1.54) is 11.9 Å². The molecule has 116 valence electrons. The minimum absolute atomic E-state index is 0.325. The van der Waals surface area contributed by atoms with Gasteiger partial charge in [0, 0.05) is 18.3 Å². The summed E-state index contributed by atoms with van der Waals surface area (Å²) >= 11 is 0. The minimum Gasteiger partial charge on any atom is -0.480 e. The summed E-state index contributed by atoms with van der Waals surface area (Å²) in [4.78, 5) is 28.3. The number of nitrogens with zero attached hydrogens (tertiary/aromatic N) is 3. The van der Waals surface area contributed by atoms with Crippen molar-refractivity contribution in [3.05, 3.63) is 60.4 Å². The number of benzene rings is 2. The Kier molecular flexibility index (Phi) is 3.80. The van der Waals surface area contributed by atoms with Crippen LogP contribution in [0.1, 0.15) is 10.4 Å². The molecule has 0 aliphatic carbocycles. The van der Waals surface area contributed by atoms with E-state index in [0.29, 0.717) is 5.56 Å². The summed E-state index contributed by atoms with van der Waals surface area (Å²) < 4.78 is 1.94. The third-order valence-corrected chi connectivity index (χ3v) is 3.57. The van der Waals surface area contributed by atoms with Gasteiger partial charge in [0.2, 0.25) is 0 Å². The second-order valence-corrected chi connectivity index (χ2v) is 5.21. The normalized spacial score (nSPS) is 10.7. The zero-order chi connectivity index (χ0) is 16.4. The summed E-state index contributed by atoms with van der Waals surface area (Å²) in [5.74, 6) is -1.36. The number of carbonyl (C=O) groups is 2. The van der Waals surface area contributed by atoms with Crippen LogP contribution in [-0.2, 0) is 4.79 Å². The van der Waals surface area contributed by atoms with Crippen LogP contribution in [-0.4, -0.2) is 45.0 Å². The first kappa shape index (κ1) is 14.8. The molecule has 0 saturated heterocycles. The number of rotatable bonds is 4. The highest BCUT2D eigenvalue weighted by Gasteiger charge is 2.14. The number of carbonyl (C=O) groups excluding carboxylic acids is 1. The molecule has 3 rings (SSSR count). The minimum atomic E-state index is -1.04. The maximum atomic E-state index is 12.1. The monoisotopic (exact) mass is 309 g/mol. The van der Waals surface area contributed by atoms with Crippen molar-refractivity contribution in [3.8, 4) is 5.69 Å². The number of aliphatic carboxylic acids is 1. The van der Waals surface area contributed by atoms with Gasteiger partial charge in [-0.1, -0.05) is 12.1 Å². The summed E-state index contributed by atoms with van der Waals surface area (Å²) in [6.07, 6.45) is 1.73. The molecule has 0 spiro atoms. The van der Waals surface area contributed by atoms with Gasteiger partial charge in [-0.05, 0) is 36.4 Å². The van der Waals surface area contributed by atoms with E-state index in [-0.39, 0.29) is 12.5 Å². The molecule has 0 bridgehead atoms. The molecule has 0 unspecified atom stereocenters. The van der Waals surface area contributed by atoms with Gasteiger partial charge in [-0.25, -0.2) is 4.98 Å². The van der Waals surface area contributed by atoms with Crippen molar-refractivity contribution in [2.45, 2.75) is 0 Å². The molecule has 0 atom stereocenters. The Hall–Kier alpha value is -3.15. The third-order valence-electron chi connectivity index (χ3n) is 3.57. The van der Waals surface area contributed by atoms with Crippen LogP contribution in [0.4, 0.5) is 0 Å². The van der Waals surface area contributed by atoms with Crippen LogP contribution in [0.25, 0.3) is 16.7 Å². The average molecular weight is 309 g/mol. The standard InChI is InChI=1S/C17H15N3O3/c1-19(10-16(21)22)17(23)12-6-8-13(9-7-12)20-11-18-14-4-2-3-5-15(14)20/h2-9,11H,10H2,1H3,(H,21,22). The number of aromatic nitrogens is 2. The van der Waals surface area contributed by atoms with Crippen molar-refractivity contribution in [3.63, 3.8) is 0 Å². The highest BCUT2D eigenvalue weighted by molar-refractivity contribution is 5.95. The van der Waals surface area contributed by atoms with Crippen LogP contribution in [0.3, 0.4) is 0 Å². The molecule has 0 aliphatic rings. The van der Waals surface area contributed by atoms with E-state index < -0.39 is 5.97 Å². The van der Waals surface area contributed by atoms with E-state index in [9.17, 15) is 9.59 Å². The van der Waals surface area contributed by atoms with Gasteiger partial charge in [0.25, 0.3) is 5.91 Å². The first-order chi connectivity index (χ1) is 11.1. The molecule has 6 nitrogen and oxygen atoms in total. The van der Waals surface area contributed by atoms with Crippen molar-refractivity contribution >= 4 is 22.9 Å². The molecule has 3 aromatic rings. The van der Waals surface area contributed by atoms with E-state index in [1.807, 2.05) is 41.0 Å². The fraction of sp³-hybridized carbons (Fsp3) is 0.118. The first-order valence-electron chi connectivity index (χ1n) is 7.06. The molecule has 1 amide bonds. The fourth-order valence-corrected chi connectivity index (χ4v) is 2.42. The number of carboxylic acid groups (broad SMARTS) is 1. The lowest BCUT2D eigenvalue weighted by atomic mass is 10.2. The Balaban J connectivity index is 1.87. The molecule has 1 aromatic heterocycles. The second-order valence-electron chi connectivity index (χ2n) is 5.21. The van der Waals surface area contributed by atoms with Gasteiger partial charge in [0.1, 0.15) is 12.9 Å². The summed E-state index contributed by atoms with van der Waals surface area (Å²) in [7, 11) is 1.47. The topological polar surface area (TPSA) is 75.4 Å². The van der Waals surface area contributed by atoms with Gasteiger partial charge in [-0.2, -0.15) is 0 Å². The average Bonchev–Trinajstić information content (AvgIpc) is 2.97. The predicted octanol–water partition coefficient (Wildman–Crippen LogP) is 2.18. The zero-order valence-electron chi connectivity index (χ0n) is 12.5. The molecule has 1 N–H and O–H groups in total. The molecule has 6 heteroatoms. The highest BCUT2D eigenvalue weighted by atomic mass is 16.4. The molecular formula is C17H15N3O3. The Morgan fingerprint density at radius 2 is 1.83 bits per heavy atom. The number of carboxylic acids is 1. The van der Waals surface area contributed by atoms with Crippen molar-refractivity contribution in [1.82, 2.24) is 14.5 Å². The lowest BCUT2D eigenvalue weighted by Crippen LogP contribution is -2.31.